The Labute approximate surface area is 149 Å². The van der Waals surface area contributed by atoms with Crippen LogP contribution in [0.25, 0.3) is 0 Å². The van der Waals surface area contributed by atoms with Crippen LogP contribution < -0.4 is 4.74 Å². The number of nitrogens with zero attached hydrogens (tertiary/aromatic N) is 2. The van der Waals surface area contributed by atoms with E-state index in [0.29, 0.717) is 30.3 Å². The van der Waals surface area contributed by atoms with Crippen molar-refractivity contribution in [3.05, 3.63) is 23.8 Å². The van der Waals surface area contributed by atoms with Gasteiger partial charge >= 0.3 is 0 Å². The molecule has 1 aromatic rings. The summed E-state index contributed by atoms with van der Waals surface area (Å²) < 4.78 is 5.03. The number of hydrogen-bond acceptors (Lipinski definition) is 5. The summed E-state index contributed by atoms with van der Waals surface area (Å²) in [5, 5.41) is 19.6. The molecule has 1 aromatic carbocycles. The first-order chi connectivity index (χ1) is 12.1. The van der Waals surface area contributed by atoms with Crippen LogP contribution >= 0.6 is 0 Å². The minimum atomic E-state index is -0.0995. The highest BCUT2D eigenvalue weighted by Crippen LogP contribution is 2.30. The fourth-order valence-electron chi connectivity index (χ4n) is 4.00. The zero-order valence-corrected chi connectivity index (χ0v) is 14.9. The first kappa shape index (κ1) is 18.0. The Morgan fingerprint density at radius 2 is 1.92 bits per heavy atom. The number of phenolic OH excluding ortho intramolecular Hbond substituents is 1. The van der Waals surface area contributed by atoms with E-state index in [-0.39, 0.29) is 24.2 Å². The molecule has 2 atom stereocenters. The number of rotatable bonds is 5. The molecule has 3 rings (SSSR count). The second-order valence-corrected chi connectivity index (χ2v) is 7.16. The van der Waals surface area contributed by atoms with E-state index in [0.717, 1.165) is 19.6 Å². The first-order valence-corrected chi connectivity index (χ1v) is 9.12. The summed E-state index contributed by atoms with van der Waals surface area (Å²) in [6.07, 6.45) is 3.78. The molecular formula is C19H28N2O4. The van der Waals surface area contributed by atoms with Gasteiger partial charge in [-0.1, -0.05) is 6.42 Å². The Kier molecular flexibility index (Phi) is 5.81. The molecule has 2 aliphatic rings. The van der Waals surface area contributed by atoms with Gasteiger partial charge in [-0.2, -0.15) is 0 Å². The van der Waals surface area contributed by atoms with Crippen molar-refractivity contribution in [2.24, 2.45) is 11.8 Å². The van der Waals surface area contributed by atoms with Crippen LogP contribution in [0.4, 0.5) is 0 Å². The number of piperidine rings is 1. The zero-order chi connectivity index (χ0) is 17.8. The molecule has 2 N–H and O–H groups in total. The molecule has 6 nitrogen and oxygen atoms in total. The number of methoxy groups -OCH3 is 1. The Bertz CT molecular complexity index is 601. The molecule has 0 spiro atoms. The fraction of sp³-hybridized carbons (Fsp3) is 0.632. The summed E-state index contributed by atoms with van der Waals surface area (Å²) in [6.45, 7) is 4.52. The summed E-state index contributed by atoms with van der Waals surface area (Å²) in [5.74, 6) is 0.652. The SMILES string of the molecule is COc1ccc(C(=O)N2C[C@@H](CO)[C@@H](CN3CCCCC3)C2)cc1O. The van der Waals surface area contributed by atoms with Crippen LogP contribution in [0.1, 0.15) is 29.6 Å². The second kappa shape index (κ2) is 8.06. The van der Waals surface area contributed by atoms with Crippen molar-refractivity contribution in [1.29, 1.82) is 0 Å². The molecule has 0 aliphatic carbocycles. The van der Waals surface area contributed by atoms with Crippen molar-refractivity contribution >= 4 is 5.91 Å². The topological polar surface area (TPSA) is 73.2 Å². The molecule has 2 saturated heterocycles. The Morgan fingerprint density at radius 1 is 1.20 bits per heavy atom. The second-order valence-electron chi connectivity index (χ2n) is 7.16. The van der Waals surface area contributed by atoms with E-state index in [2.05, 4.69) is 4.90 Å². The number of aliphatic hydroxyl groups excluding tert-OH is 1. The predicted octanol–water partition coefficient (Wildman–Crippen LogP) is 1.57. The maximum absolute atomic E-state index is 12.8. The third-order valence-corrected chi connectivity index (χ3v) is 5.47. The van der Waals surface area contributed by atoms with Crippen LogP contribution in [-0.4, -0.2) is 72.4 Å². The smallest absolute Gasteiger partial charge is 0.254 e. The van der Waals surface area contributed by atoms with E-state index in [1.807, 2.05) is 0 Å². The number of ether oxygens (including phenoxy) is 1. The molecule has 2 fully saturated rings. The highest BCUT2D eigenvalue weighted by Gasteiger charge is 2.36. The number of amides is 1. The average Bonchev–Trinajstić information content (AvgIpc) is 3.04. The third kappa shape index (κ3) is 4.07. The lowest BCUT2D eigenvalue weighted by Crippen LogP contribution is -2.37. The van der Waals surface area contributed by atoms with E-state index in [1.165, 1.54) is 32.4 Å². The monoisotopic (exact) mass is 348 g/mol. The lowest BCUT2D eigenvalue weighted by molar-refractivity contribution is 0.0778. The number of carbonyl (C=O) groups is 1. The van der Waals surface area contributed by atoms with Crippen molar-refractivity contribution in [3.63, 3.8) is 0 Å². The van der Waals surface area contributed by atoms with Crippen LogP contribution in [0.2, 0.25) is 0 Å². The van der Waals surface area contributed by atoms with Gasteiger partial charge in [-0.15, -0.1) is 0 Å². The van der Waals surface area contributed by atoms with Crippen LogP contribution in [0.5, 0.6) is 11.5 Å². The number of carbonyl (C=O) groups excluding carboxylic acids is 1. The lowest BCUT2D eigenvalue weighted by Gasteiger charge is -2.30. The van der Waals surface area contributed by atoms with Gasteiger partial charge in [0.15, 0.2) is 11.5 Å². The molecule has 0 saturated carbocycles. The summed E-state index contributed by atoms with van der Waals surface area (Å²) in [4.78, 5) is 17.0. The number of aliphatic hydroxyl groups is 1. The number of phenols is 1. The molecule has 1 amide bonds. The number of benzene rings is 1. The van der Waals surface area contributed by atoms with E-state index in [9.17, 15) is 15.0 Å². The first-order valence-electron chi connectivity index (χ1n) is 9.12. The maximum atomic E-state index is 12.8. The molecule has 0 bridgehead atoms. The standard InChI is InChI=1S/C19H28N2O4/c1-25-18-6-5-14(9-17(18)23)19(24)21-11-15(16(12-21)13-22)10-20-7-3-2-4-8-20/h5-6,9,15-16,22-23H,2-4,7-8,10-13H2,1H3/t15-,16-/m0/s1. The fourth-order valence-corrected chi connectivity index (χ4v) is 4.00. The summed E-state index contributed by atoms with van der Waals surface area (Å²) >= 11 is 0. The predicted molar refractivity (Wildman–Crippen MR) is 94.9 cm³/mol. The Hall–Kier alpha value is -1.79. The zero-order valence-electron chi connectivity index (χ0n) is 14.9. The van der Waals surface area contributed by atoms with Gasteiger partial charge in [-0.3, -0.25) is 4.79 Å². The molecule has 0 radical (unpaired) electrons. The van der Waals surface area contributed by atoms with Crippen LogP contribution in [0.3, 0.4) is 0 Å². The highest BCUT2D eigenvalue weighted by molar-refractivity contribution is 5.95. The third-order valence-electron chi connectivity index (χ3n) is 5.47. The molecule has 2 heterocycles. The van der Waals surface area contributed by atoms with Gasteiger partial charge in [-0.05, 0) is 50.0 Å². The minimum absolute atomic E-state index is 0.0314. The van der Waals surface area contributed by atoms with E-state index >= 15 is 0 Å². The van der Waals surface area contributed by atoms with E-state index in [1.54, 1.807) is 17.0 Å². The summed E-state index contributed by atoms with van der Waals surface area (Å²) in [6, 6.07) is 4.73. The molecule has 6 heteroatoms. The molecule has 25 heavy (non-hydrogen) atoms. The van der Waals surface area contributed by atoms with Crippen molar-refractivity contribution in [2.75, 3.05) is 46.4 Å². The van der Waals surface area contributed by atoms with Crippen molar-refractivity contribution in [2.45, 2.75) is 19.3 Å². The molecule has 0 aromatic heterocycles. The van der Waals surface area contributed by atoms with Gasteiger partial charge in [-0.25, -0.2) is 0 Å². The average molecular weight is 348 g/mol. The van der Waals surface area contributed by atoms with Gasteiger partial charge in [0.25, 0.3) is 5.91 Å². The van der Waals surface area contributed by atoms with Gasteiger partial charge in [0, 0.05) is 37.7 Å². The molecule has 138 valence electrons. The van der Waals surface area contributed by atoms with Crippen LogP contribution in [0.15, 0.2) is 18.2 Å². The largest absolute Gasteiger partial charge is 0.504 e. The minimum Gasteiger partial charge on any atom is -0.504 e. The van der Waals surface area contributed by atoms with Crippen molar-refractivity contribution in [3.8, 4) is 11.5 Å². The van der Waals surface area contributed by atoms with Crippen LogP contribution in [0, 0.1) is 11.8 Å². The number of likely N-dealkylation sites (tertiary alicyclic amines) is 2. The Balaban J connectivity index is 1.66. The van der Waals surface area contributed by atoms with E-state index in [4.69, 9.17) is 4.74 Å². The van der Waals surface area contributed by atoms with Gasteiger partial charge in [0.2, 0.25) is 0 Å². The highest BCUT2D eigenvalue weighted by atomic mass is 16.5. The van der Waals surface area contributed by atoms with Gasteiger partial charge in [0.1, 0.15) is 0 Å². The normalized spacial score (nSPS) is 24.5. The Morgan fingerprint density at radius 3 is 2.56 bits per heavy atom. The number of aromatic hydroxyl groups is 1. The number of hydrogen-bond donors (Lipinski definition) is 2. The lowest BCUT2D eigenvalue weighted by atomic mass is 9.95. The maximum Gasteiger partial charge on any atom is 0.254 e. The summed E-state index contributed by atoms with van der Waals surface area (Å²) in [5.41, 5.74) is 0.452. The quantitative estimate of drug-likeness (QED) is 0.845. The molecule has 2 aliphatic heterocycles. The molecular weight excluding hydrogens is 320 g/mol. The van der Waals surface area contributed by atoms with Crippen LogP contribution in [-0.2, 0) is 0 Å². The van der Waals surface area contributed by atoms with Crippen molar-refractivity contribution in [1.82, 2.24) is 9.80 Å². The van der Waals surface area contributed by atoms with Gasteiger partial charge < -0.3 is 24.7 Å². The van der Waals surface area contributed by atoms with E-state index < -0.39 is 0 Å². The van der Waals surface area contributed by atoms with Gasteiger partial charge in [0.05, 0.1) is 7.11 Å². The van der Waals surface area contributed by atoms with Crippen molar-refractivity contribution < 1.29 is 19.7 Å². The molecule has 0 unspecified atom stereocenters. The summed E-state index contributed by atoms with van der Waals surface area (Å²) in [7, 11) is 1.48.